The SMILES string of the molecule is CN1CC(C(=O)NC2=CNC(Nc3ccc(N)cc3)C=C2)c2cccc(CNCCC=O)c21. The van der Waals surface area contributed by atoms with Crippen LogP contribution in [0.3, 0.4) is 0 Å². The summed E-state index contributed by atoms with van der Waals surface area (Å²) in [5.74, 6) is -0.283. The number of para-hydroxylation sites is 1. The lowest BCUT2D eigenvalue weighted by molar-refractivity contribution is -0.121. The van der Waals surface area contributed by atoms with E-state index in [1.54, 1.807) is 6.20 Å². The van der Waals surface area contributed by atoms with Crippen molar-refractivity contribution in [2.75, 3.05) is 36.1 Å². The molecule has 0 aliphatic carbocycles. The van der Waals surface area contributed by atoms with E-state index in [9.17, 15) is 9.59 Å². The smallest absolute Gasteiger partial charge is 0.233 e. The van der Waals surface area contributed by atoms with E-state index >= 15 is 0 Å². The molecule has 2 heterocycles. The first-order valence-corrected chi connectivity index (χ1v) is 11.1. The molecule has 1 amide bonds. The van der Waals surface area contributed by atoms with Gasteiger partial charge in [-0.05, 0) is 47.5 Å². The number of likely N-dealkylation sites (N-methyl/N-ethyl adjacent to an activating group) is 1. The molecule has 2 aromatic rings. The van der Waals surface area contributed by atoms with Crippen LogP contribution in [-0.2, 0) is 16.1 Å². The Morgan fingerprint density at radius 3 is 2.79 bits per heavy atom. The van der Waals surface area contributed by atoms with Crippen molar-refractivity contribution in [1.29, 1.82) is 0 Å². The number of hydrogen-bond acceptors (Lipinski definition) is 7. The fourth-order valence-electron chi connectivity index (χ4n) is 4.21. The molecule has 33 heavy (non-hydrogen) atoms. The summed E-state index contributed by atoms with van der Waals surface area (Å²) in [6, 6.07) is 13.6. The van der Waals surface area contributed by atoms with E-state index in [-0.39, 0.29) is 18.0 Å². The lowest BCUT2D eigenvalue weighted by atomic mass is 9.98. The molecule has 8 heteroatoms. The molecule has 2 aliphatic rings. The Balaban J connectivity index is 1.36. The summed E-state index contributed by atoms with van der Waals surface area (Å²) in [5.41, 5.74) is 11.4. The van der Waals surface area contributed by atoms with Crippen molar-refractivity contribution in [1.82, 2.24) is 16.0 Å². The number of carbonyl (C=O) groups is 2. The molecular formula is C25H30N6O2. The third-order valence-electron chi connectivity index (χ3n) is 5.82. The fourth-order valence-corrected chi connectivity index (χ4v) is 4.21. The largest absolute Gasteiger partial charge is 0.399 e. The summed E-state index contributed by atoms with van der Waals surface area (Å²) in [5, 5.41) is 12.9. The highest BCUT2D eigenvalue weighted by atomic mass is 16.2. The van der Waals surface area contributed by atoms with Crippen molar-refractivity contribution in [3.05, 3.63) is 77.6 Å². The molecule has 0 radical (unpaired) electrons. The van der Waals surface area contributed by atoms with Crippen LogP contribution in [0.25, 0.3) is 0 Å². The molecule has 0 saturated heterocycles. The van der Waals surface area contributed by atoms with Crippen LogP contribution >= 0.6 is 0 Å². The van der Waals surface area contributed by atoms with Crippen molar-refractivity contribution >= 4 is 29.3 Å². The Kier molecular flexibility index (Phi) is 6.95. The first-order valence-electron chi connectivity index (χ1n) is 11.1. The van der Waals surface area contributed by atoms with Crippen molar-refractivity contribution in [2.24, 2.45) is 0 Å². The molecule has 0 spiro atoms. The third-order valence-corrected chi connectivity index (χ3v) is 5.82. The molecule has 0 fully saturated rings. The number of carbonyl (C=O) groups excluding carboxylic acids is 2. The highest BCUT2D eigenvalue weighted by molar-refractivity contribution is 5.90. The molecule has 8 nitrogen and oxygen atoms in total. The monoisotopic (exact) mass is 446 g/mol. The van der Waals surface area contributed by atoms with Crippen LogP contribution in [0.15, 0.2) is 66.5 Å². The van der Waals surface area contributed by atoms with E-state index in [1.165, 1.54) is 0 Å². The van der Waals surface area contributed by atoms with Gasteiger partial charge in [-0.25, -0.2) is 0 Å². The molecule has 2 aliphatic heterocycles. The third kappa shape index (κ3) is 5.35. The fraction of sp³-hybridized carbons (Fsp3) is 0.280. The van der Waals surface area contributed by atoms with Crippen LogP contribution in [0.2, 0.25) is 0 Å². The van der Waals surface area contributed by atoms with E-state index in [2.05, 4.69) is 32.2 Å². The van der Waals surface area contributed by atoms with Gasteiger partial charge in [-0.15, -0.1) is 0 Å². The van der Waals surface area contributed by atoms with Gasteiger partial charge in [0, 0.05) is 56.4 Å². The predicted molar refractivity (Wildman–Crippen MR) is 132 cm³/mol. The van der Waals surface area contributed by atoms with Crippen molar-refractivity contribution in [3.63, 3.8) is 0 Å². The van der Waals surface area contributed by atoms with E-state index in [1.807, 2.05) is 55.6 Å². The number of nitrogens with two attached hydrogens (primary N) is 1. The van der Waals surface area contributed by atoms with Gasteiger partial charge in [0.15, 0.2) is 0 Å². The van der Waals surface area contributed by atoms with Crippen molar-refractivity contribution in [3.8, 4) is 0 Å². The Morgan fingerprint density at radius 2 is 2.06 bits per heavy atom. The normalized spacial score (nSPS) is 18.8. The average molecular weight is 447 g/mol. The Labute approximate surface area is 193 Å². The summed E-state index contributed by atoms with van der Waals surface area (Å²) in [4.78, 5) is 25.8. The summed E-state index contributed by atoms with van der Waals surface area (Å²) in [6.07, 6.45) is 6.99. The number of amides is 1. The maximum Gasteiger partial charge on any atom is 0.233 e. The molecular weight excluding hydrogens is 416 g/mol. The topological polar surface area (TPSA) is 112 Å². The molecule has 0 bridgehead atoms. The lowest BCUT2D eigenvalue weighted by Crippen LogP contribution is -2.37. The first kappa shape index (κ1) is 22.4. The van der Waals surface area contributed by atoms with Gasteiger partial charge in [0.1, 0.15) is 12.5 Å². The number of aldehydes is 1. The van der Waals surface area contributed by atoms with Crippen LogP contribution in [0, 0.1) is 0 Å². The Morgan fingerprint density at radius 1 is 1.24 bits per heavy atom. The second kappa shape index (κ2) is 10.2. The zero-order valence-electron chi connectivity index (χ0n) is 18.7. The van der Waals surface area contributed by atoms with E-state index in [0.29, 0.717) is 26.1 Å². The minimum Gasteiger partial charge on any atom is -0.399 e. The Hall–Kier alpha value is -3.78. The summed E-state index contributed by atoms with van der Waals surface area (Å²) in [7, 11) is 2.01. The van der Waals surface area contributed by atoms with Crippen LogP contribution < -0.4 is 31.9 Å². The molecule has 6 N–H and O–H groups in total. The molecule has 4 rings (SSSR count). The molecule has 0 saturated carbocycles. The quantitative estimate of drug-likeness (QED) is 0.228. The summed E-state index contributed by atoms with van der Waals surface area (Å²) in [6.45, 7) is 1.93. The van der Waals surface area contributed by atoms with E-state index < -0.39 is 0 Å². The van der Waals surface area contributed by atoms with Gasteiger partial charge in [-0.1, -0.05) is 18.2 Å². The number of allylic oxidation sites excluding steroid dienone is 1. The number of nitrogen functional groups attached to an aromatic ring is 1. The minimum absolute atomic E-state index is 0.0330. The molecule has 0 aromatic heterocycles. The number of fused-ring (bicyclic) bond motifs is 1. The maximum absolute atomic E-state index is 13.1. The molecule has 2 aromatic carbocycles. The lowest BCUT2D eigenvalue weighted by Gasteiger charge is -2.22. The Bertz CT molecular complexity index is 1060. The number of hydrogen-bond donors (Lipinski definition) is 5. The number of rotatable bonds is 9. The number of nitrogens with one attached hydrogen (secondary N) is 4. The second-order valence-electron chi connectivity index (χ2n) is 8.28. The van der Waals surface area contributed by atoms with Crippen molar-refractivity contribution in [2.45, 2.75) is 25.0 Å². The number of anilines is 3. The zero-order valence-corrected chi connectivity index (χ0v) is 18.7. The molecule has 2 unspecified atom stereocenters. The predicted octanol–water partition coefficient (Wildman–Crippen LogP) is 2.04. The number of nitrogens with zero attached hydrogens (tertiary/aromatic N) is 1. The van der Waals surface area contributed by atoms with Crippen LogP contribution in [-0.4, -0.2) is 38.5 Å². The summed E-state index contributed by atoms with van der Waals surface area (Å²) >= 11 is 0. The van der Waals surface area contributed by atoms with E-state index in [4.69, 9.17) is 5.73 Å². The maximum atomic E-state index is 13.1. The molecule has 2 atom stereocenters. The van der Waals surface area contributed by atoms with Gasteiger partial charge in [0.25, 0.3) is 0 Å². The second-order valence-corrected chi connectivity index (χ2v) is 8.28. The van der Waals surface area contributed by atoms with Crippen molar-refractivity contribution < 1.29 is 9.59 Å². The van der Waals surface area contributed by atoms with Crippen LogP contribution in [0.5, 0.6) is 0 Å². The van der Waals surface area contributed by atoms with E-state index in [0.717, 1.165) is 40.2 Å². The van der Waals surface area contributed by atoms with Crippen LogP contribution in [0.1, 0.15) is 23.5 Å². The van der Waals surface area contributed by atoms with Gasteiger partial charge >= 0.3 is 0 Å². The first-order chi connectivity index (χ1) is 16.0. The van der Waals surface area contributed by atoms with Gasteiger partial charge in [-0.3, -0.25) is 4.79 Å². The summed E-state index contributed by atoms with van der Waals surface area (Å²) < 4.78 is 0. The van der Waals surface area contributed by atoms with Gasteiger partial charge in [-0.2, -0.15) is 0 Å². The van der Waals surface area contributed by atoms with Gasteiger partial charge < -0.3 is 36.7 Å². The van der Waals surface area contributed by atoms with Gasteiger partial charge in [0.05, 0.1) is 11.6 Å². The highest BCUT2D eigenvalue weighted by Gasteiger charge is 2.33. The van der Waals surface area contributed by atoms with Gasteiger partial charge in [0.2, 0.25) is 5.91 Å². The number of benzene rings is 2. The van der Waals surface area contributed by atoms with Crippen LogP contribution in [0.4, 0.5) is 17.1 Å². The standard InChI is InChI=1S/C25H30N6O2/c1-31-16-22(21-5-2-4-17(24(21)31)14-27-12-3-13-32)25(33)30-20-10-11-23(28-15-20)29-19-8-6-18(26)7-9-19/h2,4-11,13,15,22-23,27-29H,3,12,14,16,26H2,1H3,(H,30,33). The molecule has 172 valence electrons. The number of dihydropyridines is 1. The average Bonchev–Trinajstić information content (AvgIpc) is 3.17. The minimum atomic E-state index is -0.250. The highest BCUT2D eigenvalue weighted by Crippen LogP contribution is 2.38. The zero-order chi connectivity index (χ0) is 23.2.